The SMILES string of the molecule is O=C(NC1CCCCC1)c1ccc2nnc(C3CCN(Cc4ccccc4)C3)n2c1. The van der Waals surface area contributed by atoms with Gasteiger partial charge in [-0.25, -0.2) is 0 Å². The van der Waals surface area contributed by atoms with Crippen molar-refractivity contribution < 1.29 is 4.79 Å². The molecule has 2 aromatic heterocycles. The van der Waals surface area contributed by atoms with E-state index in [2.05, 4.69) is 50.7 Å². The van der Waals surface area contributed by atoms with Crippen LogP contribution in [0.15, 0.2) is 48.7 Å². The normalized spacial score (nSPS) is 20.6. The average Bonchev–Trinajstić information content (AvgIpc) is 3.41. The van der Waals surface area contributed by atoms with Gasteiger partial charge in [0.1, 0.15) is 5.82 Å². The van der Waals surface area contributed by atoms with Crippen LogP contribution in [0.5, 0.6) is 0 Å². The number of likely N-dealkylation sites (tertiary alicyclic amines) is 1. The third-order valence-electron chi connectivity index (χ3n) is 6.52. The van der Waals surface area contributed by atoms with Gasteiger partial charge in [-0.05, 0) is 43.5 Å². The van der Waals surface area contributed by atoms with Gasteiger partial charge in [0.15, 0.2) is 5.65 Å². The van der Waals surface area contributed by atoms with Crippen LogP contribution in [0.2, 0.25) is 0 Å². The zero-order valence-electron chi connectivity index (χ0n) is 17.3. The van der Waals surface area contributed by atoms with E-state index in [-0.39, 0.29) is 5.91 Å². The van der Waals surface area contributed by atoms with Crippen LogP contribution in [-0.2, 0) is 6.54 Å². The first-order chi connectivity index (χ1) is 14.8. The molecule has 1 aliphatic heterocycles. The first kappa shape index (κ1) is 19.2. The second kappa shape index (κ2) is 8.56. The summed E-state index contributed by atoms with van der Waals surface area (Å²) in [6.07, 6.45) is 8.86. The van der Waals surface area contributed by atoms with Crippen molar-refractivity contribution >= 4 is 11.6 Å². The Hall–Kier alpha value is -2.73. The van der Waals surface area contributed by atoms with E-state index in [4.69, 9.17) is 0 Å². The first-order valence-corrected chi connectivity index (χ1v) is 11.2. The smallest absolute Gasteiger partial charge is 0.252 e. The first-order valence-electron chi connectivity index (χ1n) is 11.2. The van der Waals surface area contributed by atoms with Crippen molar-refractivity contribution in [2.75, 3.05) is 13.1 Å². The highest BCUT2D eigenvalue weighted by molar-refractivity contribution is 5.94. The average molecular weight is 404 g/mol. The van der Waals surface area contributed by atoms with Crippen LogP contribution in [0.1, 0.15) is 66.2 Å². The lowest BCUT2D eigenvalue weighted by Gasteiger charge is -2.22. The van der Waals surface area contributed by atoms with Gasteiger partial charge in [0.25, 0.3) is 5.91 Å². The standard InChI is InChI=1S/C24H29N5O/c30-24(25-21-9-5-2-6-10-21)20-11-12-22-26-27-23(29(22)17-20)19-13-14-28(16-19)15-18-7-3-1-4-8-18/h1,3-4,7-8,11-12,17,19,21H,2,5-6,9-10,13-16H2,(H,25,30). The predicted molar refractivity (Wildman–Crippen MR) is 116 cm³/mol. The molecule has 6 heteroatoms. The molecule has 3 aromatic rings. The van der Waals surface area contributed by atoms with Crippen LogP contribution < -0.4 is 5.32 Å². The summed E-state index contributed by atoms with van der Waals surface area (Å²) in [6.45, 7) is 2.98. The number of nitrogens with zero attached hydrogens (tertiary/aromatic N) is 4. The minimum absolute atomic E-state index is 0.0144. The summed E-state index contributed by atoms with van der Waals surface area (Å²) in [5, 5.41) is 12.1. The summed E-state index contributed by atoms with van der Waals surface area (Å²) in [6, 6.07) is 14.7. The summed E-state index contributed by atoms with van der Waals surface area (Å²) in [7, 11) is 0. The van der Waals surface area contributed by atoms with Crippen molar-refractivity contribution in [2.45, 2.75) is 57.0 Å². The molecular weight excluding hydrogens is 374 g/mol. The summed E-state index contributed by atoms with van der Waals surface area (Å²) < 4.78 is 2.02. The molecule has 0 spiro atoms. The Morgan fingerprint density at radius 2 is 1.83 bits per heavy atom. The number of aromatic nitrogens is 3. The van der Waals surface area contributed by atoms with Gasteiger partial charge in [0, 0.05) is 31.2 Å². The largest absolute Gasteiger partial charge is 0.349 e. The maximum atomic E-state index is 12.8. The van der Waals surface area contributed by atoms with E-state index in [1.54, 1.807) is 0 Å². The lowest BCUT2D eigenvalue weighted by molar-refractivity contribution is 0.0927. The molecule has 3 heterocycles. The van der Waals surface area contributed by atoms with E-state index in [0.29, 0.717) is 17.5 Å². The van der Waals surface area contributed by atoms with Crippen LogP contribution in [0.3, 0.4) is 0 Å². The molecule has 5 rings (SSSR count). The zero-order chi connectivity index (χ0) is 20.3. The predicted octanol–water partition coefficient (Wildman–Crippen LogP) is 3.78. The van der Waals surface area contributed by atoms with Gasteiger partial charge in [-0.15, -0.1) is 10.2 Å². The van der Waals surface area contributed by atoms with Gasteiger partial charge >= 0.3 is 0 Å². The zero-order valence-corrected chi connectivity index (χ0v) is 17.3. The maximum absolute atomic E-state index is 12.8. The van der Waals surface area contributed by atoms with Gasteiger partial charge in [-0.1, -0.05) is 49.6 Å². The Kier molecular flexibility index (Phi) is 5.49. The molecule has 2 aliphatic rings. The van der Waals surface area contributed by atoms with Crippen molar-refractivity contribution in [2.24, 2.45) is 0 Å². The van der Waals surface area contributed by atoms with Crippen LogP contribution in [-0.4, -0.2) is 44.5 Å². The molecule has 0 bridgehead atoms. The van der Waals surface area contributed by atoms with E-state index in [0.717, 1.165) is 50.4 Å². The molecule has 1 saturated carbocycles. The molecule has 1 N–H and O–H groups in total. The molecule has 1 amide bonds. The molecule has 1 aliphatic carbocycles. The number of carbonyl (C=O) groups is 1. The van der Waals surface area contributed by atoms with Crippen LogP contribution >= 0.6 is 0 Å². The number of hydrogen-bond acceptors (Lipinski definition) is 4. The van der Waals surface area contributed by atoms with Crippen LogP contribution in [0.4, 0.5) is 0 Å². The highest BCUT2D eigenvalue weighted by atomic mass is 16.1. The molecular formula is C24H29N5O. The highest BCUT2D eigenvalue weighted by Crippen LogP contribution is 2.27. The number of carbonyl (C=O) groups excluding carboxylic acids is 1. The summed E-state index contributed by atoms with van der Waals surface area (Å²) >= 11 is 0. The van der Waals surface area contributed by atoms with Crippen molar-refractivity contribution in [3.05, 3.63) is 65.6 Å². The Morgan fingerprint density at radius 3 is 2.67 bits per heavy atom. The van der Waals surface area contributed by atoms with Crippen molar-refractivity contribution in [3.63, 3.8) is 0 Å². The molecule has 1 unspecified atom stereocenters. The van der Waals surface area contributed by atoms with E-state index in [9.17, 15) is 4.79 Å². The van der Waals surface area contributed by atoms with Gasteiger partial charge < -0.3 is 5.32 Å². The van der Waals surface area contributed by atoms with Gasteiger partial charge in [0.05, 0.1) is 5.56 Å². The van der Waals surface area contributed by atoms with Crippen LogP contribution in [0.25, 0.3) is 5.65 Å². The monoisotopic (exact) mass is 403 g/mol. The Bertz CT molecular complexity index is 1010. The van der Waals surface area contributed by atoms with Crippen molar-refractivity contribution in [1.29, 1.82) is 0 Å². The number of benzene rings is 1. The molecule has 1 atom stereocenters. The molecule has 0 radical (unpaired) electrons. The summed E-state index contributed by atoms with van der Waals surface area (Å²) in [5.41, 5.74) is 2.83. The number of nitrogens with one attached hydrogen (secondary N) is 1. The summed E-state index contributed by atoms with van der Waals surface area (Å²) in [4.78, 5) is 15.3. The van der Waals surface area contributed by atoms with E-state index in [1.165, 1.54) is 24.8 Å². The number of pyridine rings is 1. The van der Waals surface area contributed by atoms with Gasteiger partial charge in [-0.2, -0.15) is 0 Å². The molecule has 30 heavy (non-hydrogen) atoms. The number of amides is 1. The number of hydrogen-bond donors (Lipinski definition) is 1. The van der Waals surface area contributed by atoms with Crippen LogP contribution in [0, 0.1) is 0 Å². The molecule has 2 fully saturated rings. The lowest BCUT2D eigenvalue weighted by atomic mass is 9.95. The number of rotatable bonds is 5. The fourth-order valence-corrected chi connectivity index (χ4v) is 4.87. The topological polar surface area (TPSA) is 62.5 Å². The molecule has 6 nitrogen and oxygen atoms in total. The number of fused-ring (bicyclic) bond motifs is 1. The fourth-order valence-electron chi connectivity index (χ4n) is 4.87. The second-order valence-corrected chi connectivity index (χ2v) is 8.72. The van der Waals surface area contributed by atoms with Crippen molar-refractivity contribution in [3.8, 4) is 0 Å². The Balaban J connectivity index is 1.30. The quantitative estimate of drug-likeness (QED) is 0.704. The van der Waals surface area contributed by atoms with Crippen molar-refractivity contribution in [1.82, 2.24) is 24.8 Å². The van der Waals surface area contributed by atoms with E-state index < -0.39 is 0 Å². The maximum Gasteiger partial charge on any atom is 0.252 e. The second-order valence-electron chi connectivity index (χ2n) is 8.72. The Morgan fingerprint density at radius 1 is 1.00 bits per heavy atom. The lowest BCUT2D eigenvalue weighted by Crippen LogP contribution is -2.36. The molecule has 156 valence electrons. The third-order valence-corrected chi connectivity index (χ3v) is 6.52. The minimum atomic E-state index is 0.0144. The molecule has 1 aromatic carbocycles. The van der Waals surface area contributed by atoms with E-state index >= 15 is 0 Å². The highest BCUT2D eigenvalue weighted by Gasteiger charge is 2.28. The molecule has 1 saturated heterocycles. The summed E-state index contributed by atoms with van der Waals surface area (Å²) in [5.74, 6) is 1.31. The van der Waals surface area contributed by atoms with Gasteiger partial charge in [-0.3, -0.25) is 14.1 Å². The van der Waals surface area contributed by atoms with E-state index in [1.807, 2.05) is 22.7 Å². The van der Waals surface area contributed by atoms with Gasteiger partial charge in [0.2, 0.25) is 0 Å². The minimum Gasteiger partial charge on any atom is -0.349 e. The third kappa shape index (κ3) is 4.10. The Labute approximate surface area is 177 Å². The fraction of sp³-hybridized carbons (Fsp3) is 0.458.